The van der Waals surface area contributed by atoms with Gasteiger partial charge in [-0.3, -0.25) is 4.79 Å². The molecule has 0 saturated heterocycles. The molecule has 0 aromatic heterocycles. The van der Waals surface area contributed by atoms with Crippen molar-refractivity contribution in [1.29, 1.82) is 0 Å². The Hall–Kier alpha value is -1.42. The molecule has 3 nitrogen and oxygen atoms in total. The van der Waals surface area contributed by atoms with E-state index in [0.29, 0.717) is 12.2 Å². The van der Waals surface area contributed by atoms with E-state index in [4.69, 9.17) is 10.5 Å². The second-order valence-electron chi connectivity index (χ2n) is 3.62. The number of rotatable bonds is 4. The molecule has 0 amide bonds. The number of ether oxygens (including phenoxy) is 1. The Bertz CT molecular complexity index is 379. The Balaban J connectivity index is 2.69. The molecule has 0 aliphatic carbocycles. The standard InChI is InChI=1S/C12H16FNO2/c1-3-16-12(15)7-11(14)9-4-5-10(13)8(2)6-9/h4-6,11H,3,7,14H2,1-2H3/t11-/m0/s1. The molecule has 0 aliphatic rings. The molecule has 0 saturated carbocycles. The molecule has 0 spiro atoms. The molecule has 1 atom stereocenters. The van der Waals surface area contributed by atoms with E-state index in [1.54, 1.807) is 26.0 Å². The van der Waals surface area contributed by atoms with Gasteiger partial charge in [-0.15, -0.1) is 0 Å². The van der Waals surface area contributed by atoms with Crippen molar-refractivity contribution in [2.45, 2.75) is 26.3 Å². The van der Waals surface area contributed by atoms with Gasteiger partial charge in [-0.25, -0.2) is 4.39 Å². The molecule has 0 heterocycles. The van der Waals surface area contributed by atoms with Crippen LogP contribution in [0, 0.1) is 12.7 Å². The van der Waals surface area contributed by atoms with E-state index in [2.05, 4.69) is 0 Å². The summed E-state index contributed by atoms with van der Waals surface area (Å²) in [6.45, 7) is 3.75. The molecule has 0 radical (unpaired) electrons. The third kappa shape index (κ3) is 3.31. The average molecular weight is 225 g/mol. The summed E-state index contributed by atoms with van der Waals surface area (Å²) >= 11 is 0. The Morgan fingerprint density at radius 3 is 2.81 bits per heavy atom. The molecule has 2 N–H and O–H groups in total. The van der Waals surface area contributed by atoms with Gasteiger partial charge >= 0.3 is 5.97 Å². The Morgan fingerprint density at radius 2 is 2.25 bits per heavy atom. The van der Waals surface area contributed by atoms with Crippen LogP contribution in [0.25, 0.3) is 0 Å². The first kappa shape index (κ1) is 12.6. The minimum absolute atomic E-state index is 0.110. The molecule has 1 aromatic rings. The van der Waals surface area contributed by atoms with E-state index in [1.165, 1.54) is 6.07 Å². The summed E-state index contributed by atoms with van der Waals surface area (Å²) in [6.07, 6.45) is 0.110. The normalized spacial score (nSPS) is 12.2. The van der Waals surface area contributed by atoms with Crippen LogP contribution in [0.3, 0.4) is 0 Å². The number of hydrogen-bond donors (Lipinski definition) is 1. The summed E-state index contributed by atoms with van der Waals surface area (Å²) in [6, 6.07) is 4.15. The zero-order valence-electron chi connectivity index (χ0n) is 9.50. The topological polar surface area (TPSA) is 52.3 Å². The highest BCUT2D eigenvalue weighted by molar-refractivity contribution is 5.70. The quantitative estimate of drug-likeness (QED) is 0.798. The molecule has 4 heteroatoms. The number of nitrogens with two attached hydrogens (primary N) is 1. The number of halogens is 1. The first-order chi connectivity index (χ1) is 7.54. The van der Waals surface area contributed by atoms with Crippen molar-refractivity contribution in [1.82, 2.24) is 0 Å². The second-order valence-corrected chi connectivity index (χ2v) is 3.62. The maximum atomic E-state index is 13.0. The largest absolute Gasteiger partial charge is 0.466 e. The number of esters is 1. The van der Waals surface area contributed by atoms with Gasteiger partial charge in [0.25, 0.3) is 0 Å². The van der Waals surface area contributed by atoms with Gasteiger partial charge in [0, 0.05) is 6.04 Å². The van der Waals surface area contributed by atoms with E-state index >= 15 is 0 Å². The van der Waals surface area contributed by atoms with Gasteiger partial charge in [-0.2, -0.15) is 0 Å². The molecule has 1 aromatic carbocycles. The van der Waals surface area contributed by atoms with Crippen molar-refractivity contribution in [3.63, 3.8) is 0 Å². The van der Waals surface area contributed by atoms with Crippen molar-refractivity contribution in [2.24, 2.45) is 5.73 Å². The molecule has 0 bridgehead atoms. The van der Waals surface area contributed by atoms with Gasteiger partial charge < -0.3 is 10.5 Å². The lowest BCUT2D eigenvalue weighted by Crippen LogP contribution is -2.17. The Kier molecular flexibility index (Phi) is 4.43. The van der Waals surface area contributed by atoms with Crippen molar-refractivity contribution in [2.75, 3.05) is 6.61 Å². The second kappa shape index (κ2) is 5.61. The molecule has 0 unspecified atom stereocenters. The molecule has 16 heavy (non-hydrogen) atoms. The smallest absolute Gasteiger partial charge is 0.307 e. The number of carbonyl (C=O) groups excluding carboxylic acids is 1. The van der Waals surface area contributed by atoms with Crippen LogP contribution in [0.2, 0.25) is 0 Å². The SMILES string of the molecule is CCOC(=O)C[C@H](N)c1ccc(F)c(C)c1. The van der Waals surface area contributed by atoms with Crippen LogP contribution in [-0.2, 0) is 9.53 Å². The first-order valence-corrected chi connectivity index (χ1v) is 5.21. The highest BCUT2D eigenvalue weighted by Crippen LogP contribution is 2.17. The van der Waals surface area contributed by atoms with E-state index in [1.807, 2.05) is 0 Å². The highest BCUT2D eigenvalue weighted by atomic mass is 19.1. The molecular formula is C12H16FNO2. The summed E-state index contributed by atoms with van der Waals surface area (Å²) in [5.74, 6) is -0.607. The van der Waals surface area contributed by atoms with Crippen LogP contribution in [-0.4, -0.2) is 12.6 Å². The maximum Gasteiger partial charge on any atom is 0.307 e. The van der Waals surface area contributed by atoms with Crippen LogP contribution in [0.5, 0.6) is 0 Å². The zero-order chi connectivity index (χ0) is 12.1. The fourth-order valence-corrected chi connectivity index (χ4v) is 1.42. The van der Waals surface area contributed by atoms with Gasteiger partial charge in [-0.05, 0) is 31.0 Å². The van der Waals surface area contributed by atoms with E-state index in [0.717, 1.165) is 5.56 Å². The van der Waals surface area contributed by atoms with Gasteiger partial charge in [0.1, 0.15) is 5.82 Å². The predicted octanol–water partition coefficient (Wildman–Crippen LogP) is 2.09. The summed E-state index contributed by atoms with van der Waals surface area (Å²) in [4.78, 5) is 11.2. The summed E-state index contributed by atoms with van der Waals surface area (Å²) < 4.78 is 17.8. The zero-order valence-corrected chi connectivity index (χ0v) is 9.50. The van der Waals surface area contributed by atoms with Crippen LogP contribution in [0.1, 0.15) is 30.5 Å². The van der Waals surface area contributed by atoms with E-state index in [-0.39, 0.29) is 18.2 Å². The average Bonchev–Trinajstić information content (AvgIpc) is 2.22. The third-order valence-corrected chi connectivity index (χ3v) is 2.30. The van der Waals surface area contributed by atoms with E-state index < -0.39 is 6.04 Å². The number of carbonyl (C=O) groups is 1. The lowest BCUT2D eigenvalue weighted by molar-refractivity contribution is -0.143. The molecule has 0 aliphatic heterocycles. The van der Waals surface area contributed by atoms with Crippen molar-refractivity contribution in [3.8, 4) is 0 Å². The highest BCUT2D eigenvalue weighted by Gasteiger charge is 2.13. The predicted molar refractivity (Wildman–Crippen MR) is 59.3 cm³/mol. The van der Waals surface area contributed by atoms with Crippen LogP contribution >= 0.6 is 0 Å². The fourth-order valence-electron chi connectivity index (χ4n) is 1.42. The van der Waals surface area contributed by atoms with Crippen LogP contribution in [0.15, 0.2) is 18.2 Å². The number of aryl methyl sites for hydroxylation is 1. The van der Waals surface area contributed by atoms with Gasteiger partial charge in [0.2, 0.25) is 0 Å². The third-order valence-electron chi connectivity index (χ3n) is 2.30. The van der Waals surface area contributed by atoms with Crippen LogP contribution in [0.4, 0.5) is 4.39 Å². The van der Waals surface area contributed by atoms with Crippen LogP contribution < -0.4 is 5.73 Å². The minimum atomic E-state index is -0.446. The summed E-state index contributed by atoms with van der Waals surface area (Å²) in [5, 5.41) is 0. The Labute approximate surface area is 94.4 Å². The number of hydrogen-bond acceptors (Lipinski definition) is 3. The molecule has 1 rings (SSSR count). The van der Waals surface area contributed by atoms with E-state index in [9.17, 15) is 9.18 Å². The van der Waals surface area contributed by atoms with Gasteiger partial charge in [-0.1, -0.05) is 12.1 Å². The Morgan fingerprint density at radius 1 is 1.56 bits per heavy atom. The van der Waals surface area contributed by atoms with Crippen molar-refractivity contribution < 1.29 is 13.9 Å². The molecular weight excluding hydrogens is 209 g/mol. The molecule has 88 valence electrons. The lowest BCUT2D eigenvalue weighted by Gasteiger charge is -2.12. The summed E-state index contributed by atoms with van der Waals surface area (Å²) in [7, 11) is 0. The van der Waals surface area contributed by atoms with Gasteiger partial charge in [0.05, 0.1) is 13.0 Å². The lowest BCUT2D eigenvalue weighted by atomic mass is 10.0. The minimum Gasteiger partial charge on any atom is -0.466 e. The first-order valence-electron chi connectivity index (χ1n) is 5.21. The summed E-state index contributed by atoms with van der Waals surface area (Å²) in [5.41, 5.74) is 7.09. The van der Waals surface area contributed by atoms with Gasteiger partial charge in [0.15, 0.2) is 0 Å². The monoisotopic (exact) mass is 225 g/mol. The fraction of sp³-hybridized carbons (Fsp3) is 0.417. The van der Waals surface area contributed by atoms with Crippen molar-refractivity contribution in [3.05, 3.63) is 35.1 Å². The maximum absolute atomic E-state index is 13.0. The molecule has 0 fully saturated rings. The van der Waals surface area contributed by atoms with Crippen molar-refractivity contribution >= 4 is 5.97 Å². The number of benzene rings is 1.